The van der Waals surface area contributed by atoms with E-state index in [4.69, 9.17) is 15.2 Å². The second kappa shape index (κ2) is 6.43. The Labute approximate surface area is 119 Å². The van der Waals surface area contributed by atoms with Crippen LogP contribution in [0.2, 0.25) is 0 Å². The Morgan fingerprint density at radius 3 is 2.42 bits per heavy atom. The van der Waals surface area contributed by atoms with Crippen molar-refractivity contribution in [3.8, 4) is 11.5 Å². The molecule has 0 aliphatic heterocycles. The van der Waals surface area contributed by atoms with Crippen LogP contribution in [-0.4, -0.2) is 13.2 Å². The molecule has 0 aliphatic carbocycles. The minimum absolute atomic E-state index is 0.256. The lowest BCUT2D eigenvalue weighted by atomic mass is 10.3. The Balaban J connectivity index is 1.86. The number of rotatable bonds is 5. The lowest BCUT2D eigenvalue weighted by molar-refractivity contribution is 0.217. The van der Waals surface area contributed by atoms with Gasteiger partial charge in [0.2, 0.25) is 0 Å². The van der Waals surface area contributed by atoms with Crippen molar-refractivity contribution in [2.75, 3.05) is 18.9 Å². The van der Waals surface area contributed by atoms with Crippen molar-refractivity contribution < 1.29 is 13.9 Å². The van der Waals surface area contributed by atoms with Gasteiger partial charge in [0, 0.05) is 6.07 Å². The highest BCUT2D eigenvalue weighted by molar-refractivity contribution is 9.10. The molecule has 0 aliphatic rings. The molecule has 0 saturated carbocycles. The Morgan fingerprint density at radius 2 is 1.74 bits per heavy atom. The minimum Gasteiger partial charge on any atom is -0.490 e. The second-order valence-corrected chi connectivity index (χ2v) is 4.67. The molecule has 0 fully saturated rings. The summed E-state index contributed by atoms with van der Waals surface area (Å²) in [5, 5.41) is 0. The molecule has 0 unspecified atom stereocenters. The van der Waals surface area contributed by atoms with Gasteiger partial charge in [0.05, 0.1) is 10.2 Å². The Kier molecular flexibility index (Phi) is 4.63. The number of anilines is 1. The molecule has 0 radical (unpaired) electrons. The number of hydrogen-bond donors (Lipinski definition) is 1. The molecule has 3 nitrogen and oxygen atoms in total. The molecule has 0 atom stereocenters. The van der Waals surface area contributed by atoms with Gasteiger partial charge in [-0.1, -0.05) is 18.2 Å². The third-order valence-corrected chi connectivity index (χ3v) is 2.97. The molecule has 2 aromatic rings. The molecule has 5 heteroatoms. The zero-order valence-electron chi connectivity index (χ0n) is 10.1. The Bertz CT molecular complexity index is 525. The maximum absolute atomic E-state index is 13.0. The molecular formula is C14H13BrFNO2. The van der Waals surface area contributed by atoms with E-state index in [1.54, 1.807) is 0 Å². The molecule has 19 heavy (non-hydrogen) atoms. The fourth-order valence-corrected chi connectivity index (χ4v) is 2.11. The number of nitrogen functional groups attached to an aromatic ring is 1. The van der Waals surface area contributed by atoms with Crippen molar-refractivity contribution in [3.05, 3.63) is 52.8 Å². The molecule has 0 bridgehead atoms. The molecule has 0 heterocycles. The number of ether oxygens (including phenoxy) is 2. The quantitative estimate of drug-likeness (QED) is 0.674. The minimum atomic E-state index is -0.405. The highest BCUT2D eigenvalue weighted by Gasteiger charge is 2.08. The summed E-state index contributed by atoms with van der Waals surface area (Å²) in [5.74, 6) is 0.799. The number of para-hydroxylation sites is 1. The molecule has 0 saturated heterocycles. The van der Waals surface area contributed by atoms with Crippen LogP contribution in [0.25, 0.3) is 0 Å². The first-order chi connectivity index (χ1) is 9.16. The summed E-state index contributed by atoms with van der Waals surface area (Å²) in [6.07, 6.45) is 0. The lowest BCUT2D eigenvalue weighted by Gasteiger charge is -2.11. The van der Waals surface area contributed by atoms with Crippen LogP contribution in [0.1, 0.15) is 0 Å². The smallest absolute Gasteiger partial charge is 0.156 e. The second-order valence-electron chi connectivity index (χ2n) is 3.82. The third-order valence-electron chi connectivity index (χ3n) is 2.38. The lowest BCUT2D eigenvalue weighted by Crippen LogP contribution is -2.10. The molecule has 2 rings (SSSR count). The van der Waals surface area contributed by atoms with Gasteiger partial charge in [-0.2, -0.15) is 0 Å². The molecule has 0 aromatic heterocycles. The van der Waals surface area contributed by atoms with Crippen molar-refractivity contribution in [2.24, 2.45) is 0 Å². The fourth-order valence-electron chi connectivity index (χ4n) is 1.55. The van der Waals surface area contributed by atoms with Crippen molar-refractivity contribution in [2.45, 2.75) is 0 Å². The van der Waals surface area contributed by atoms with E-state index >= 15 is 0 Å². The standard InChI is InChI=1S/C14H13BrFNO2/c15-12-8-10(16)9-13(17)14(12)19-7-6-18-11-4-2-1-3-5-11/h1-5,8-9H,6-7,17H2. The van der Waals surface area contributed by atoms with Gasteiger partial charge >= 0.3 is 0 Å². The van der Waals surface area contributed by atoms with Crippen LogP contribution in [0.3, 0.4) is 0 Å². The summed E-state index contributed by atoms with van der Waals surface area (Å²) < 4.78 is 24.5. The molecule has 0 amide bonds. The van der Waals surface area contributed by atoms with Crippen molar-refractivity contribution in [1.82, 2.24) is 0 Å². The van der Waals surface area contributed by atoms with Gasteiger partial charge < -0.3 is 15.2 Å². The van der Waals surface area contributed by atoms with E-state index in [0.29, 0.717) is 23.4 Å². The summed E-state index contributed by atoms with van der Waals surface area (Å²) in [4.78, 5) is 0. The van der Waals surface area contributed by atoms with E-state index in [1.165, 1.54) is 12.1 Å². The van der Waals surface area contributed by atoms with E-state index in [1.807, 2.05) is 30.3 Å². The number of halogens is 2. The van der Waals surface area contributed by atoms with E-state index in [-0.39, 0.29) is 5.69 Å². The zero-order valence-corrected chi connectivity index (χ0v) is 11.7. The van der Waals surface area contributed by atoms with Gasteiger partial charge in [0.15, 0.2) is 5.75 Å². The highest BCUT2D eigenvalue weighted by Crippen LogP contribution is 2.32. The first kappa shape index (κ1) is 13.7. The summed E-state index contributed by atoms with van der Waals surface area (Å²) in [6.45, 7) is 0.705. The third kappa shape index (κ3) is 3.86. The maximum atomic E-state index is 13.0. The average Bonchev–Trinajstić information content (AvgIpc) is 2.38. The van der Waals surface area contributed by atoms with Crippen LogP contribution in [0, 0.1) is 5.82 Å². The fraction of sp³-hybridized carbons (Fsp3) is 0.143. The summed E-state index contributed by atoms with van der Waals surface area (Å²) in [6, 6.07) is 12.0. The van der Waals surface area contributed by atoms with Crippen LogP contribution in [0.15, 0.2) is 46.9 Å². The van der Waals surface area contributed by atoms with Crippen molar-refractivity contribution in [3.63, 3.8) is 0 Å². The number of hydrogen-bond acceptors (Lipinski definition) is 3. The largest absolute Gasteiger partial charge is 0.490 e. The van der Waals surface area contributed by atoms with Crippen molar-refractivity contribution >= 4 is 21.6 Å². The monoisotopic (exact) mass is 325 g/mol. The van der Waals surface area contributed by atoms with Gasteiger partial charge in [-0.15, -0.1) is 0 Å². The van der Waals surface area contributed by atoms with Gasteiger partial charge in [-0.3, -0.25) is 0 Å². The topological polar surface area (TPSA) is 44.5 Å². The normalized spacial score (nSPS) is 10.2. The summed E-state index contributed by atoms with van der Waals surface area (Å²) in [7, 11) is 0. The average molecular weight is 326 g/mol. The summed E-state index contributed by atoms with van der Waals surface area (Å²) in [5.41, 5.74) is 5.94. The first-order valence-corrected chi connectivity index (χ1v) is 6.51. The van der Waals surface area contributed by atoms with Crippen molar-refractivity contribution in [1.29, 1.82) is 0 Å². The zero-order chi connectivity index (χ0) is 13.7. The van der Waals surface area contributed by atoms with Crippen LogP contribution in [-0.2, 0) is 0 Å². The van der Waals surface area contributed by atoms with E-state index in [0.717, 1.165) is 5.75 Å². The highest BCUT2D eigenvalue weighted by atomic mass is 79.9. The van der Waals surface area contributed by atoms with Crippen LogP contribution in [0.4, 0.5) is 10.1 Å². The molecule has 2 N–H and O–H groups in total. The number of nitrogens with two attached hydrogens (primary N) is 1. The first-order valence-electron chi connectivity index (χ1n) is 5.72. The van der Waals surface area contributed by atoms with E-state index < -0.39 is 5.82 Å². The molecule has 0 spiro atoms. The SMILES string of the molecule is Nc1cc(F)cc(Br)c1OCCOc1ccccc1. The molecular weight excluding hydrogens is 313 g/mol. The van der Waals surface area contributed by atoms with Crippen LogP contribution in [0.5, 0.6) is 11.5 Å². The van der Waals surface area contributed by atoms with E-state index in [9.17, 15) is 4.39 Å². The van der Waals surface area contributed by atoms with Gasteiger partial charge in [-0.05, 0) is 34.1 Å². The van der Waals surface area contributed by atoms with E-state index in [2.05, 4.69) is 15.9 Å². The molecule has 2 aromatic carbocycles. The van der Waals surface area contributed by atoms with Gasteiger partial charge in [-0.25, -0.2) is 4.39 Å². The Morgan fingerprint density at radius 1 is 1.05 bits per heavy atom. The predicted molar refractivity (Wildman–Crippen MR) is 75.9 cm³/mol. The van der Waals surface area contributed by atoms with Crippen LogP contribution >= 0.6 is 15.9 Å². The molecule has 100 valence electrons. The predicted octanol–water partition coefficient (Wildman–Crippen LogP) is 3.63. The van der Waals surface area contributed by atoms with Gasteiger partial charge in [0.25, 0.3) is 0 Å². The number of benzene rings is 2. The Hall–Kier alpha value is -1.75. The summed E-state index contributed by atoms with van der Waals surface area (Å²) >= 11 is 3.21. The maximum Gasteiger partial charge on any atom is 0.156 e. The van der Waals surface area contributed by atoms with Gasteiger partial charge in [0.1, 0.15) is 24.8 Å². The van der Waals surface area contributed by atoms with Crippen LogP contribution < -0.4 is 15.2 Å².